The van der Waals surface area contributed by atoms with Gasteiger partial charge in [0.25, 0.3) is 11.8 Å². The molecular weight excluding hydrogens is 300 g/mol. The number of hydrogen-bond donors (Lipinski definition) is 1. The van der Waals surface area contributed by atoms with Crippen molar-refractivity contribution >= 4 is 28.2 Å². The Hall–Kier alpha value is -2.08. The second-order valence-electron chi connectivity index (χ2n) is 5.63. The maximum atomic E-state index is 12.4. The van der Waals surface area contributed by atoms with Crippen LogP contribution < -0.4 is 5.32 Å². The van der Waals surface area contributed by atoms with Gasteiger partial charge in [0.05, 0.1) is 16.1 Å². The lowest BCUT2D eigenvalue weighted by Gasteiger charge is -2.18. The molecule has 0 radical (unpaired) electrons. The fourth-order valence-electron chi connectivity index (χ4n) is 2.14. The van der Waals surface area contributed by atoms with Gasteiger partial charge in [-0.05, 0) is 36.6 Å². The van der Waals surface area contributed by atoms with E-state index in [1.807, 2.05) is 13.0 Å². The zero-order valence-corrected chi connectivity index (χ0v) is 14.0. The summed E-state index contributed by atoms with van der Waals surface area (Å²) in [6.07, 6.45) is 1.45. The molecule has 0 aromatic carbocycles. The zero-order valence-electron chi connectivity index (χ0n) is 13.2. The minimum atomic E-state index is -0.319. The largest absolute Gasteiger partial charge is 0.459 e. The summed E-state index contributed by atoms with van der Waals surface area (Å²) >= 11 is 1.28. The summed E-state index contributed by atoms with van der Waals surface area (Å²) in [5, 5.41) is 3.39. The highest BCUT2D eigenvalue weighted by atomic mass is 32.1. The number of thiophene rings is 1. The minimum Gasteiger partial charge on any atom is -0.459 e. The molecular formula is C16H20N2O3S. The van der Waals surface area contributed by atoms with Crippen LogP contribution in [0, 0.1) is 12.8 Å². The molecule has 0 spiro atoms. The van der Waals surface area contributed by atoms with E-state index in [0.29, 0.717) is 22.3 Å². The van der Waals surface area contributed by atoms with Crippen molar-refractivity contribution in [2.45, 2.75) is 20.8 Å². The van der Waals surface area contributed by atoms with Crippen molar-refractivity contribution in [2.75, 3.05) is 18.9 Å². The smallest absolute Gasteiger partial charge is 0.291 e. The van der Waals surface area contributed by atoms with Crippen molar-refractivity contribution in [1.29, 1.82) is 0 Å². The van der Waals surface area contributed by atoms with Gasteiger partial charge in [-0.15, -0.1) is 11.3 Å². The van der Waals surface area contributed by atoms with Gasteiger partial charge in [-0.1, -0.05) is 13.8 Å². The van der Waals surface area contributed by atoms with Crippen molar-refractivity contribution in [1.82, 2.24) is 4.90 Å². The Morgan fingerprint density at radius 2 is 2.14 bits per heavy atom. The molecule has 22 heavy (non-hydrogen) atoms. The van der Waals surface area contributed by atoms with Crippen molar-refractivity contribution < 1.29 is 14.0 Å². The summed E-state index contributed by atoms with van der Waals surface area (Å²) in [6.45, 7) is 6.71. The lowest BCUT2D eigenvalue weighted by atomic mass is 10.2. The molecule has 2 rings (SSSR count). The molecule has 118 valence electrons. The van der Waals surface area contributed by atoms with E-state index in [1.54, 1.807) is 24.1 Å². The molecule has 0 aliphatic carbocycles. The minimum absolute atomic E-state index is 0.0188. The van der Waals surface area contributed by atoms with Crippen LogP contribution in [0.1, 0.15) is 39.6 Å². The molecule has 0 saturated carbocycles. The Bertz CT molecular complexity index is 659. The molecule has 5 nitrogen and oxygen atoms in total. The molecule has 0 aliphatic rings. The second-order valence-corrected chi connectivity index (χ2v) is 6.69. The second kappa shape index (κ2) is 6.79. The van der Waals surface area contributed by atoms with Gasteiger partial charge in [-0.2, -0.15) is 0 Å². The molecule has 1 N–H and O–H groups in total. The Balaban J connectivity index is 2.11. The maximum Gasteiger partial charge on any atom is 0.291 e. The maximum absolute atomic E-state index is 12.4. The van der Waals surface area contributed by atoms with Crippen LogP contribution in [0.2, 0.25) is 0 Å². The van der Waals surface area contributed by atoms with Gasteiger partial charge in [-0.3, -0.25) is 9.59 Å². The first-order valence-electron chi connectivity index (χ1n) is 7.09. The van der Waals surface area contributed by atoms with Gasteiger partial charge < -0.3 is 14.6 Å². The van der Waals surface area contributed by atoms with Crippen LogP contribution in [0.5, 0.6) is 0 Å². The monoisotopic (exact) mass is 320 g/mol. The summed E-state index contributed by atoms with van der Waals surface area (Å²) in [7, 11) is 1.79. The third kappa shape index (κ3) is 3.76. The first kappa shape index (κ1) is 16.3. The van der Waals surface area contributed by atoms with E-state index >= 15 is 0 Å². The van der Waals surface area contributed by atoms with E-state index in [0.717, 1.165) is 5.56 Å². The van der Waals surface area contributed by atoms with Gasteiger partial charge >= 0.3 is 0 Å². The van der Waals surface area contributed by atoms with Crippen molar-refractivity contribution in [2.24, 2.45) is 5.92 Å². The summed E-state index contributed by atoms with van der Waals surface area (Å²) in [6, 6.07) is 5.06. The lowest BCUT2D eigenvalue weighted by molar-refractivity contribution is 0.0783. The SMILES string of the molecule is Cc1cc(NC(=O)c2ccco2)sc1C(=O)N(C)CC(C)C. The molecule has 0 aliphatic heterocycles. The van der Waals surface area contributed by atoms with Gasteiger partial charge in [0, 0.05) is 13.6 Å². The van der Waals surface area contributed by atoms with Crippen LogP contribution in [0.3, 0.4) is 0 Å². The van der Waals surface area contributed by atoms with E-state index in [4.69, 9.17) is 4.42 Å². The first-order chi connectivity index (χ1) is 10.4. The number of rotatable bonds is 5. The quantitative estimate of drug-likeness (QED) is 0.915. The first-order valence-corrected chi connectivity index (χ1v) is 7.91. The Labute approximate surface area is 133 Å². The molecule has 2 amide bonds. The summed E-state index contributed by atoms with van der Waals surface area (Å²) in [5.41, 5.74) is 0.861. The highest BCUT2D eigenvalue weighted by molar-refractivity contribution is 7.18. The number of aryl methyl sites for hydroxylation is 1. The molecule has 0 fully saturated rings. The van der Waals surface area contributed by atoms with Crippen LogP contribution in [0.25, 0.3) is 0 Å². The highest BCUT2D eigenvalue weighted by Crippen LogP contribution is 2.28. The van der Waals surface area contributed by atoms with Gasteiger partial charge in [0.2, 0.25) is 0 Å². The number of nitrogens with one attached hydrogen (secondary N) is 1. The summed E-state index contributed by atoms with van der Waals surface area (Å²) in [5.74, 6) is 0.318. The molecule has 2 aromatic rings. The van der Waals surface area contributed by atoms with Crippen molar-refractivity contribution in [3.05, 3.63) is 40.7 Å². The number of furan rings is 1. The highest BCUT2D eigenvalue weighted by Gasteiger charge is 2.19. The van der Waals surface area contributed by atoms with Crippen molar-refractivity contribution in [3.63, 3.8) is 0 Å². The van der Waals surface area contributed by atoms with E-state index in [1.165, 1.54) is 17.6 Å². The van der Waals surface area contributed by atoms with Gasteiger partial charge in [0.1, 0.15) is 0 Å². The number of amides is 2. The van der Waals surface area contributed by atoms with Crippen LogP contribution in [-0.2, 0) is 0 Å². The van der Waals surface area contributed by atoms with Crippen LogP contribution in [0.15, 0.2) is 28.9 Å². The average molecular weight is 320 g/mol. The molecule has 0 bridgehead atoms. The van der Waals surface area contributed by atoms with Crippen LogP contribution in [0.4, 0.5) is 5.00 Å². The van der Waals surface area contributed by atoms with Crippen LogP contribution >= 0.6 is 11.3 Å². The number of carbonyl (C=O) groups excluding carboxylic acids is 2. The molecule has 2 heterocycles. The lowest BCUT2D eigenvalue weighted by Crippen LogP contribution is -2.30. The predicted octanol–water partition coefficient (Wildman–Crippen LogP) is 3.63. The number of nitrogens with zero attached hydrogens (tertiary/aromatic N) is 1. The Morgan fingerprint density at radius 3 is 2.73 bits per heavy atom. The summed E-state index contributed by atoms with van der Waals surface area (Å²) < 4.78 is 5.05. The molecule has 0 unspecified atom stereocenters. The number of hydrogen-bond acceptors (Lipinski definition) is 4. The van der Waals surface area contributed by atoms with Crippen molar-refractivity contribution in [3.8, 4) is 0 Å². The molecule has 6 heteroatoms. The Kier molecular flexibility index (Phi) is 5.03. The number of anilines is 1. The van der Waals surface area contributed by atoms with E-state index in [-0.39, 0.29) is 17.6 Å². The fraction of sp³-hybridized carbons (Fsp3) is 0.375. The van der Waals surface area contributed by atoms with E-state index < -0.39 is 0 Å². The predicted molar refractivity (Wildman–Crippen MR) is 87.5 cm³/mol. The standard InChI is InChI=1S/C16H20N2O3S/c1-10(2)9-18(4)16(20)14-11(3)8-13(22-14)17-15(19)12-6-5-7-21-12/h5-8,10H,9H2,1-4H3,(H,17,19). The molecule has 2 aromatic heterocycles. The van der Waals surface area contributed by atoms with E-state index in [9.17, 15) is 9.59 Å². The van der Waals surface area contributed by atoms with E-state index in [2.05, 4.69) is 19.2 Å². The number of carbonyl (C=O) groups is 2. The third-order valence-corrected chi connectivity index (χ3v) is 4.22. The van der Waals surface area contributed by atoms with Crippen LogP contribution in [-0.4, -0.2) is 30.3 Å². The molecule has 0 atom stereocenters. The fourth-order valence-corrected chi connectivity index (χ4v) is 3.20. The average Bonchev–Trinajstić information content (AvgIpc) is 3.06. The topological polar surface area (TPSA) is 62.6 Å². The third-order valence-electron chi connectivity index (χ3n) is 3.08. The summed E-state index contributed by atoms with van der Waals surface area (Å²) in [4.78, 5) is 26.7. The van der Waals surface area contributed by atoms with Gasteiger partial charge in [0.15, 0.2) is 5.76 Å². The van der Waals surface area contributed by atoms with Gasteiger partial charge in [-0.25, -0.2) is 0 Å². The zero-order chi connectivity index (χ0) is 16.3. The Morgan fingerprint density at radius 1 is 1.41 bits per heavy atom. The molecule has 0 saturated heterocycles. The normalized spacial score (nSPS) is 10.8.